The van der Waals surface area contributed by atoms with Gasteiger partial charge in [0.1, 0.15) is 5.82 Å². The van der Waals surface area contributed by atoms with Gasteiger partial charge in [-0.25, -0.2) is 0 Å². The molecule has 6 heteroatoms. The summed E-state index contributed by atoms with van der Waals surface area (Å²) in [4.78, 5) is 11.3. The van der Waals surface area contributed by atoms with E-state index < -0.39 is 0 Å². The molecule has 0 spiro atoms. The molecule has 0 bridgehead atoms. The summed E-state index contributed by atoms with van der Waals surface area (Å²) in [6.45, 7) is 6.59. The van der Waals surface area contributed by atoms with Crippen molar-refractivity contribution >= 4 is 11.7 Å². The van der Waals surface area contributed by atoms with Crippen molar-refractivity contribution in [1.29, 1.82) is 0 Å². The van der Waals surface area contributed by atoms with E-state index in [0.29, 0.717) is 18.8 Å². The Morgan fingerprint density at radius 2 is 2.11 bits per heavy atom. The Labute approximate surface area is 113 Å². The number of aromatic nitrogens is 2. The summed E-state index contributed by atoms with van der Waals surface area (Å²) in [7, 11) is 1.55. The van der Waals surface area contributed by atoms with Gasteiger partial charge in [-0.1, -0.05) is 13.8 Å². The lowest BCUT2D eigenvalue weighted by atomic mass is 9.87. The molecule has 1 atom stereocenters. The molecule has 19 heavy (non-hydrogen) atoms. The minimum Gasteiger partial charge on any atom is -0.393 e. The highest BCUT2D eigenvalue weighted by atomic mass is 16.3. The van der Waals surface area contributed by atoms with E-state index in [1.165, 1.54) is 0 Å². The van der Waals surface area contributed by atoms with E-state index in [2.05, 4.69) is 34.7 Å². The Bertz CT molecular complexity index is 415. The molecule has 0 aliphatic carbocycles. The predicted octanol–water partition coefficient (Wildman–Crippen LogP) is 1.05. The molecule has 6 nitrogen and oxygen atoms in total. The molecule has 3 N–H and O–H groups in total. The van der Waals surface area contributed by atoms with Crippen LogP contribution in [0.25, 0.3) is 0 Å². The van der Waals surface area contributed by atoms with Gasteiger partial charge in [-0.05, 0) is 30.9 Å². The Kier molecular flexibility index (Phi) is 5.23. The van der Waals surface area contributed by atoms with E-state index in [4.69, 9.17) is 0 Å². The summed E-state index contributed by atoms with van der Waals surface area (Å²) in [5.74, 6) is 0.361. The first-order valence-corrected chi connectivity index (χ1v) is 6.32. The van der Waals surface area contributed by atoms with Crippen molar-refractivity contribution in [1.82, 2.24) is 15.5 Å². The van der Waals surface area contributed by atoms with Gasteiger partial charge in [-0.2, -0.15) is 0 Å². The first-order valence-electron chi connectivity index (χ1n) is 6.32. The van der Waals surface area contributed by atoms with Crippen LogP contribution in [0.15, 0.2) is 12.1 Å². The quantitative estimate of drug-likeness (QED) is 0.716. The van der Waals surface area contributed by atoms with Gasteiger partial charge in [0.05, 0.1) is 6.10 Å². The SMILES string of the molecule is CNC(=O)c1ccc(NCC(C)(C)CC(C)O)nn1. The maximum Gasteiger partial charge on any atom is 0.271 e. The number of carbonyl (C=O) groups excluding carboxylic acids is 1. The lowest BCUT2D eigenvalue weighted by molar-refractivity contribution is 0.0957. The number of nitrogens with one attached hydrogen (secondary N) is 2. The zero-order valence-corrected chi connectivity index (χ0v) is 11.9. The predicted molar refractivity (Wildman–Crippen MR) is 74.0 cm³/mol. The van der Waals surface area contributed by atoms with Gasteiger partial charge in [0, 0.05) is 13.6 Å². The average molecular weight is 266 g/mol. The van der Waals surface area contributed by atoms with Crippen LogP contribution < -0.4 is 10.6 Å². The number of hydrogen-bond acceptors (Lipinski definition) is 5. The van der Waals surface area contributed by atoms with Gasteiger partial charge >= 0.3 is 0 Å². The maximum atomic E-state index is 11.3. The number of amides is 1. The highest BCUT2D eigenvalue weighted by Gasteiger charge is 2.20. The van der Waals surface area contributed by atoms with Gasteiger partial charge in [-0.15, -0.1) is 10.2 Å². The van der Waals surface area contributed by atoms with E-state index in [1.54, 1.807) is 26.1 Å². The zero-order valence-electron chi connectivity index (χ0n) is 11.9. The number of hydrogen-bond donors (Lipinski definition) is 3. The van der Waals surface area contributed by atoms with Gasteiger partial charge in [0.2, 0.25) is 0 Å². The molecule has 1 heterocycles. The van der Waals surface area contributed by atoms with Crippen LogP contribution in [0.3, 0.4) is 0 Å². The molecule has 0 aromatic carbocycles. The van der Waals surface area contributed by atoms with Crippen LogP contribution in [0.4, 0.5) is 5.82 Å². The summed E-state index contributed by atoms with van der Waals surface area (Å²) in [5.41, 5.74) is 0.242. The number of aliphatic hydroxyl groups is 1. The first-order chi connectivity index (χ1) is 8.84. The van der Waals surface area contributed by atoms with E-state index >= 15 is 0 Å². The molecule has 0 aliphatic heterocycles. The Hall–Kier alpha value is -1.69. The van der Waals surface area contributed by atoms with Crippen LogP contribution >= 0.6 is 0 Å². The normalized spacial score (nSPS) is 12.9. The molecule has 106 valence electrons. The van der Waals surface area contributed by atoms with Crippen LogP contribution in [0.1, 0.15) is 37.7 Å². The van der Waals surface area contributed by atoms with Gasteiger partial charge in [0.25, 0.3) is 5.91 Å². The summed E-state index contributed by atoms with van der Waals surface area (Å²) in [6, 6.07) is 3.34. The Morgan fingerprint density at radius 1 is 1.42 bits per heavy atom. The smallest absolute Gasteiger partial charge is 0.271 e. The van der Waals surface area contributed by atoms with Crippen LogP contribution in [-0.4, -0.2) is 40.9 Å². The van der Waals surface area contributed by atoms with E-state index in [0.717, 1.165) is 0 Å². The second-order valence-corrected chi connectivity index (χ2v) is 5.45. The number of rotatable bonds is 6. The third-order valence-corrected chi connectivity index (χ3v) is 2.72. The molecule has 0 radical (unpaired) electrons. The van der Waals surface area contributed by atoms with E-state index in [9.17, 15) is 9.90 Å². The van der Waals surface area contributed by atoms with Crippen molar-refractivity contribution in [3.8, 4) is 0 Å². The molecular formula is C13H22N4O2. The first kappa shape index (κ1) is 15.4. The van der Waals surface area contributed by atoms with Crippen LogP contribution in [-0.2, 0) is 0 Å². The molecule has 1 unspecified atom stereocenters. The lowest BCUT2D eigenvalue weighted by Gasteiger charge is -2.26. The Balaban J connectivity index is 2.57. The van der Waals surface area contributed by atoms with Crippen molar-refractivity contribution in [2.75, 3.05) is 18.9 Å². The largest absolute Gasteiger partial charge is 0.393 e. The topological polar surface area (TPSA) is 87.1 Å². The molecule has 0 fully saturated rings. The fourth-order valence-corrected chi connectivity index (χ4v) is 1.88. The summed E-state index contributed by atoms with van der Waals surface area (Å²) < 4.78 is 0. The highest BCUT2D eigenvalue weighted by Crippen LogP contribution is 2.22. The summed E-state index contributed by atoms with van der Waals surface area (Å²) in [5, 5.41) is 22.8. The molecule has 1 rings (SSSR count). The highest BCUT2D eigenvalue weighted by molar-refractivity contribution is 5.91. The van der Waals surface area contributed by atoms with Crippen molar-refractivity contribution in [3.63, 3.8) is 0 Å². The third-order valence-electron chi connectivity index (χ3n) is 2.72. The van der Waals surface area contributed by atoms with E-state index in [-0.39, 0.29) is 23.1 Å². The molecule has 0 saturated heterocycles. The van der Waals surface area contributed by atoms with Crippen molar-refractivity contribution in [2.24, 2.45) is 5.41 Å². The number of nitrogens with zero attached hydrogens (tertiary/aromatic N) is 2. The fraction of sp³-hybridized carbons (Fsp3) is 0.615. The standard InChI is InChI=1S/C13H22N4O2/c1-9(18)7-13(2,3)8-15-11-6-5-10(16-17-11)12(19)14-4/h5-6,9,18H,7-8H2,1-4H3,(H,14,19)(H,15,17). The zero-order chi connectivity index (χ0) is 14.5. The molecule has 0 aliphatic rings. The van der Waals surface area contributed by atoms with Crippen molar-refractivity contribution < 1.29 is 9.90 Å². The van der Waals surface area contributed by atoms with Gasteiger partial charge in [-0.3, -0.25) is 4.79 Å². The number of aliphatic hydroxyl groups excluding tert-OH is 1. The second kappa shape index (κ2) is 6.47. The molecular weight excluding hydrogens is 244 g/mol. The lowest BCUT2D eigenvalue weighted by Crippen LogP contribution is -2.27. The average Bonchev–Trinajstić information content (AvgIpc) is 2.34. The Morgan fingerprint density at radius 3 is 2.58 bits per heavy atom. The minimum atomic E-state index is -0.335. The number of anilines is 1. The second-order valence-electron chi connectivity index (χ2n) is 5.45. The van der Waals surface area contributed by atoms with Crippen LogP contribution in [0.5, 0.6) is 0 Å². The molecule has 1 aromatic rings. The van der Waals surface area contributed by atoms with Gasteiger partial charge < -0.3 is 15.7 Å². The molecule has 1 aromatic heterocycles. The van der Waals surface area contributed by atoms with Crippen molar-refractivity contribution in [3.05, 3.63) is 17.8 Å². The minimum absolute atomic E-state index is 0.0463. The van der Waals surface area contributed by atoms with Crippen LogP contribution in [0.2, 0.25) is 0 Å². The summed E-state index contributed by atoms with van der Waals surface area (Å²) in [6.07, 6.45) is 0.363. The number of carbonyl (C=O) groups is 1. The monoisotopic (exact) mass is 266 g/mol. The molecule has 0 saturated carbocycles. The van der Waals surface area contributed by atoms with E-state index in [1.807, 2.05) is 0 Å². The third kappa shape index (κ3) is 5.21. The van der Waals surface area contributed by atoms with Crippen LogP contribution in [0, 0.1) is 5.41 Å². The summed E-state index contributed by atoms with van der Waals surface area (Å²) >= 11 is 0. The van der Waals surface area contributed by atoms with Crippen molar-refractivity contribution in [2.45, 2.75) is 33.3 Å². The fourth-order valence-electron chi connectivity index (χ4n) is 1.88. The maximum absolute atomic E-state index is 11.3. The van der Waals surface area contributed by atoms with Gasteiger partial charge in [0.15, 0.2) is 5.69 Å². The molecule has 1 amide bonds.